The Morgan fingerprint density at radius 2 is 0.500 bits per heavy atom. The van der Waals surface area contributed by atoms with Crippen molar-refractivity contribution in [3.05, 3.63) is 170 Å². The molecule has 0 fully saturated rings. The van der Waals surface area contributed by atoms with E-state index < -0.39 is 0 Å². The molecule has 46 heavy (non-hydrogen) atoms. The average molecular weight is 589 g/mol. The highest BCUT2D eigenvalue weighted by Gasteiger charge is 2.22. The minimum Gasteiger partial charge on any atom is -0.456 e. The monoisotopic (exact) mass is 588 g/mol. The molecule has 2 heteroatoms. The van der Waals surface area contributed by atoms with Crippen molar-refractivity contribution in [2.24, 2.45) is 0 Å². The Balaban J connectivity index is 1.42. The molecule has 2 nitrogen and oxygen atoms in total. The fourth-order valence-corrected chi connectivity index (χ4v) is 6.89. The van der Waals surface area contributed by atoms with Crippen molar-refractivity contribution >= 4 is 21.5 Å². The Morgan fingerprint density at radius 3 is 0.848 bits per heavy atom. The Bertz CT molecular complexity index is 2190. The normalized spacial score (nSPS) is 11.8. The van der Waals surface area contributed by atoms with Crippen LogP contribution in [0.3, 0.4) is 0 Å². The molecule has 8 aromatic rings. The fourth-order valence-electron chi connectivity index (χ4n) is 6.89. The first kappa shape index (κ1) is 26.3. The minimum atomic E-state index is 0.812. The van der Waals surface area contributed by atoms with Crippen LogP contribution >= 0.6 is 0 Å². The standard InChI is InChI=1S/C44H28O2/c1-2-16-34-33(15-1)43-35-17-3-4-18-36(35)44(34)38-20-8-12-24-42(38)46-40-22-10-6-14-32(40)30-27-25-29(26-28-30)31-13-5-9-21-39(31)45-41-23-11-7-19-37(41)43/h1-28H. The summed E-state index contributed by atoms with van der Waals surface area (Å²) in [6.45, 7) is 0. The lowest BCUT2D eigenvalue weighted by Crippen LogP contribution is -1.96. The van der Waals surface area contributed by atoms with Crippen molar-refractivity contribution in [2.45, 2.75) is 0 Å². The molecule has 12 rings (SSSR count). The van der Waals surface area contributed by atoms with Gasteiger partial charge in [-0.3, -0.25) is 0 Å². The van der Waals surface area contributed by atoms with Gasteiger partial charge in [-0.05, 0) is 56.9 Å². The van der Waals surface area contributed by atoms with E-state index in [0.29, 0.717) is 0 Å². The quantitative estimate of drug-likeness (QED) is 0.164. The summed E-state index contributed by atoms with van der Waals surface area (Å²) in [5.74, 6) is 3.25. The van der Waals surface area contributed by atoms with E-state index in [1.807, 2.05) is 24.3 Å². The van der Waals surface area contributed by atoms with Crippen LogP contribution < -0.4 is 9.47 Å². The van der Waals surface area contributed by atoms with Gasteiger partial charge in [-0.2, -0.15) is 0 Å². The van der Waals surface area contributed by atoms with Crippen LogP contribution in [0.4, 0.5) is 0 Å². The van der Waals surface area contributed by atoms with Crippen LogP contribution in [-0.4, -0.2) is 0 Å². The summed E-state index contributed by atoms with van der Waals surface area (Å²) in [4.78, 5) is 0. The molecule has 0 N–H and O–H groups in total. The zero-order valence-electron chi connectivity index (χ0n) is 25.0. The first-order chi connectivity index (χ1) is 22.8. The summed E-state index contributed by atoms with van der Waals surface area (Å²) in [5, 5.41) is 4.64. The van der Waals surface area contributed by atoms with Crippen LogP contribution in [0.1, 0.15) is 0 Å². The van der Waals surface area contributed by atoms with Gasteiger partial charge in [-0.1, -0.05) is 146 Å². The summed E-state index contributed by atoms with van der Waals surface area (Å²) in [5.41, 5.74) is 8.64. The van der Waals surface area contributed by atoms with Crippen LogP contribution in [0.15, 0.2) is 170 Å². The Kier molecular flexibility index (Phi) is 6.17. The fraction of sp³-hybridized carbons (Fsp3) is 0. The molecule has 8 aromatic carbocycles. The summed E-state index contributed by atoms with van der Waals surface area (Å²) in [7, 11) is 0. The van der Waals surface area contributed by atoms with Crippen LogP contribution in [-0.2, 0) is 0 Å². The van der Waals surface area contributed by atoms with E-state index in [9.17, 15) is 0 Å². The van der Waals surface area contributed by atoms with E-state index in [0.717, 1.165) is 89.1 Å². The van der Waals surface area contributed by atoms with Crippen molar-refractivity contribution in [1.29, 1.82) is 0 Å². The van der Waals surface area contributed by atoms with Gasteiger partial charge in [0.15, 0.2) is 0 Å². The summed E-state index contributed by atoms with van der Waals surface area (Å²) < 4.78 is 13.8. The molecule has 216 valence electrons. The largest absolute Gasteiger partial charge is 0.456 e. The van der Waals surface area contributed by atoms with Gasteiger partial charge in [0.05, 0.1) is 0 Å². The van der Waals surface area contributed by atoms with Gasteiger partial charge in [0.25, 0.3) is 0 Å². The van der Waals surface area contributed by atoms with Crippen LogP contribution in [0.5, 0.6) is 23.0 Å². The summed E-state index contributed by atoms with van der Waals surface area (Å²) in [6.07, 6.45) is 0. The third-order valence-electron chi connectivity index (χ3n) is 8.97. The van der Waals surface area contributed by atoms with Crippen LogP contribution in [0.2, 0.25) is 0 Å². The minimum absolute atomic E-state index is 0.812. The lowest BCUT2D eigenvalue weighted by atomic mass is 9.85. The van der Waals surface area contributed by atoms with E-state index in [2.05, 4.69) is 146 Å². The van der Waals surface area contributed by atoms with Gasteiger partial charge in [0, 0.05) is 33.4 Å². The molecule has 0 saturated carbocycles. The van der Waals surface area contributed by atoms with E-state index in [1.54, 1.807) is 0 Å². The highest BCUT2D eigenvalue weighted by atomic mass is 16.5. The predicted molar refractivity (Wildman–Crippen MR) is 190 cm³/mol. The van der Waals surface area contributed by atoms with Crippen molar-refractivity contribution < 1.29 is 9.47 Å². The second kappa shape index (κ2) is 10.8. The van der Waals surface area contributed by atoms with Crippen LogP contribution in [0.25, 0.3) is 66.1 Å². The molecule has 0 saturated heterocycles. The Labute approximate surface area is 267 Å². The third kappa shape index (κ3) is 4.27. The molecule has 4 aliphatic rings. The average Bonchev–Trinajstić information content (AvgIpc) is 3.12. The first-order valence-corrected chi connectivity index (χ1v) is 15.6. The molecular weight excluding hydrogens is 560 g/mol. The summed E-state index contributed by atoms with van der Waals surface area (Å²) in [6, 6.07) is 59.4. The molecule has 0 unspecified atom stereocenters. The Hall–Kier alpha value is -6.12. The lowest BCUT2D eigenvalue weighted by Gasteiger charge is -2.22. The SMILES string of the molecule is c1ccc2c(c1)Oc1ccccc1-c1c3ccccc3c(c3ccccc13)-c1ccccc1Oc1ccccc1-c1ccc-2cc1. The maximum absolute atomic E-state index is 6.89. The lowest BCUT2D eigenvalue weighted by molar-refractivity contribution is 0.486. The second-order valence-electron chi connectivity index (χ2n) is 11.6. The molecular formula is C44H28O2. The molecule has 4 heterocycles. The maximum Gasteiger partial charge on any atom is 0.135 e. The molecule has 0 atom stereocenters. The van der Waals surface area contributed by atoms with Gasteiger partial charge in [0.2, 0.25) is 0 Å². The number of hydrogen-bond donors (Lipinski definition) is 0. The van der Waals surface area contributed by atoms with Gasteiger partial charge in [-0.15, -0.1) is 0 Å². The predicted octanol–water partition coefficient (Wildman–Crippen LogP) is 12.6. The van der Waals surface area contributed by atoms with Crippen molar-refractivity contribution in [3.8, 4) is 67.5 Å². The highest BCUT2D eigenvalue weighted by Crippen LogP contribution is 2.49. The number of hydrogen-bond acceptors (Lipinski definition) is 2. The molecule has 0 radical (unpaired) electrons. The van der Waals surface area contributed by atoms with Gasteiger partial charge in [-0.25, -0.2) is 0 Å². The van der Waals surface area contributed by atoms with E-state index in [1.165, 1.54) is 0 Å². The number of para-hydroxylation sites is 4. The zero-order chi connectivity index (χ0) is 30.5. The maximum atomic E-state index is 6.89. The third-order valence-corrected chi connectivity index (χ3v) is 8.97. The summed E-state index contributed by atoms with van der Waals surface area (Å²) >= 11 is 0. The smallest absolute Gasteiger partial charge is 0.135 e. The van der Waals surface area contributed by atoms with Crippen LogP contribution in [0, 0.1) is 0 Å². The topological polar surface area (TPSA) is 18.5 Å². The van der Waals surface area contributed by atoms with Crippen molar-refractivity contribution in [1.82, 2.24) is 0 Å². The van der Waals surface area contributed by atoms with Gasteiger partial charge < -0.3 is 9.47 Å². The van der Waals surface area contributed by atoms with E-state index in [-0.39, 0.29) is 0 Å². The van der Waals surface area contributed by atoms with Gasteiger partial charge in [0.1, 0.15) is 23.0 Å². The van der Waals surface area contributed by atoms with E-state index in [4.69, 9.17) is 9.47 Å². The zero-order valence-corrected chi connectivity index (χ0v) is 25.0. The van der Waals surface area contributed by atoms with Crippen molar-refractivity contribution in [3.63, 3.8) is 0 Å². The molecule has 0 spiro atoms. The molecule has 4 bridgehead atoms. The highest BCUT2D eigenvalue weighted by molar-refractivity contribution is 6.22. The molecule has 0 aliphatic carbocycles. The van der Waals surface area contributed by atoms with Crippen molar-refractivity contribution in [2.75, 3.05) is 0 Å². The van der Waals surface area contributed by atoms with E-state index >= 15 is 0 Å². The molecule has 0 amide bonds. The number of ether oxygens (including phenoxy) is 2. The molecule has 0 aromatic heterocycles. The molecule has 4 aliphatic heterocycles. The Morgan fingerprint density at radius 1 is 0.239 bits per heavy atom. The second-order valence-corrected chi connectivity index (χ2v) is 11.6. The first-order valence-electron chi connectivity index (χ1n) is 15.6. The number of rotatable bonds is 0. The number of benzene rings is 8. The van der Waals surface area contributed by atoms with Gasteiger partial charge >= 0.3 is 0 Å².